The number of aryl methyl sites for hydroxylation is 2. The summed E-state index contributed by atoms with van der Waals surface area (Å²) < 4.78 is 28.4. The van der Waals surface area contributed by atoms with Crippen molar-refractivity contribution in [1.82, 2.24) is 5.32 Å². The lowest BCUT2D eigenvalue weighted by molar-refractivity contribution is 0.0956. The third-order valence-electron chi connectivity index (χ3n) is 4.70. The van der Waals surface area contributed by atoms with Crippen LogP contribution in [0.3, 0.4) is 0 Å². The predicted molar refractivity (Wildman–Crippen MR) is 133 cm³/mol. The summed E-state index contributed by atoms with van der Waals surface area (Å²) in [7, 11) is -3.82. The molecule has 3 aromatic carbocycles. The molecular formula is C24H25ClN2O3S2. The van der Waals surface area contributed by atoms with E-state index in [1.165, 1.54) is 6.07 Å². The first-order valence-corrected chi connectivity index (χ1v) is 13.1. The topological polar surface area (TPSA) is 75.3 Å². The Bertz CT molecular complexity index is 1210. The first-order valence-electron chi connectivity index (χ1n) is 10.0. The summed E-state index contributed by atoms with van der Waals surface area (Å²) in [6, 6.07) is 19.5. The van der Waals surface area contributed by atoms with Crippen molar-refractivity contribution in [2.24, 2.45) is 0 Å². The van der Waals surface area contributed by atoms with Gasteiger partial charge in [0.1, 0.15) is 0 Å². The van der Waals surface area contributed by atoms with Crippen LogP contribution >= 0.6 is 23.4 Å². The molecule has 3 rings (SSSR count). The van der Waals surface area contributed by atoms with Crippen molar-refractivity contribution in [2.75, 3.05) is 17.0 Å². The fraction of sp³-hybridized carbons (Fsp3) is 0.208. The highest BCUT2D eigenvalue weighted by Gasteiger charge is 2.19. The second-order valence-corrected chi connectivity index (χ2v) is 10.6. The van der Waals surface area contributed by atoms with Gasteiger partial charge in [-0.05, 0) is 66.9 Å². The SMILES string of the molecule is Cc1cccc(NS(=O)(=O)c2cc(C(=O)NCCSCc3cccc(Cl)c3)ccc2C)c1. The zero-order valence-electron chi connectivity index (χ0n) is 17.9. The van der Waals surface area contributed by atoms with Gasteiger partial charge in [0.2, 0.25) is 0 Å². The van der Waals surface area contributed by atoms with E-state index in [1.54, 1.807) is 49.0 Å². The molecule has 3 aromatic rings. The second-order valence-electron chi connectivity index (χ2n) is 7.39. The Hall–Kier alpha value is -2.48. The molecule has 0 aliphatic heterocycles. The molecule has 0 aliphatic carbocycles. The molecule has 1 amide bonds. The highest BCUT2D eigenvalue weighted by Crippen LogP contribution is 2.22. The fourth-order valence-electron chi connectivity index (χ4n) is 3.11. The van der Waals surface area contributed by atoms with E-state index in [4.69, 9.17) is 11.6 Å². The van der Waals surface area contributed by atoms with Crippen LogP contribution in [0.5, 0.6) is 0 Å². The van der Waals surface area contributed by atoms with Crippen molar-refractivity contribution in [3.63, 3.8) is 0 Å². The van der Waals surface area contributed by atoms with Gasteiger partial charge in [-0.1, -0.05) is 41.9 Å². The summed E-state index contributed by atoms with van der Waals surface area (Å²) >= 11 is 7.67. The van der Waals surface area contributed by atoms with Gasteiger partial charge in [-0.15, -0.1) is 0 Å². The minimum absolute atomic E-state index is 0.0852. The van der Waals surface area contributed by atoms with Crippen LogP contribution in [0.15, 0.2) is 71.6 Å². The lowest BCUT2D eigenvalue weighted by Gasteiger charge is -2.12. The van der Waals surface area contributed by atoms with Crippen LogP contribution < -0.4 is 10.0 Å². The van der Waals surface area contributed by atoms with Gasteiger partial charge in [-0.25, -0.2) is 8.42 Å². The maximum atomic E-state index is 12.9. The first-order chi connectivity index (χ1) is 15.2. The molecule has 8 heteroatoms. The van der Waals surface area contributed by atoms with E-state index in [0.29, 0.717) is 28.4 Å². The van der Waals surface area contributed by atoms with Crippen LogP contribution in [0.25, 0.3) is 0 Å². The molecule has 0 aliphatic rings. The number of sulfonamides is 1. The molecule has 0 fully saturated rings. The predicted octanol–water partition coefficient (Wildman–Crippen LogP) is 5.42. The van der Waals surface area contributed by atoms with Crippen LogP contribution in [0, 0.1) is 13.8 Å². The maximum Gasteiger partial charge on any atom is 0.262 e. The van der Waals surface area contributed by atoms with Crippen LogP contribution in [0.2, 0.25) is 5.02 Å². The number of anilines is 1. The Morgan fingerprint density at radius 2 is 1.78 bits per heavy atom. The molecule has 32 heavy (non-hydrogen) atoms. The number of benzene rings is 3. The quantitative estimate of drug-likeness (QED) is 0.394. The first kappa shape index (κ1) is 24.2. The van der Waals surface area contributed by atoms with E-state index in [2.05, 4.69) is 10.0 Å². The van der Waals surface area contributed by atoms with E-state index < -0.39 is 10.0 Å². The number of halogens is 1. The molecule has 0 heterocycles. The van der Waals surface area contributed by atoms with Crippen molar-refractivity contribution in [3.8, 4) is 0 Å². The van der Waals surface area contributed by atoms with Crippen LogP contribution in [0.1, 0.15) is 27.0 Å². The lowest BCUT2D eigenvalue weighted by Crippen LogP contribution is -2.26. The third kappa shape index (κ3) is 6.76. The van der Waals surface area contributed by atoms with E-state index in [0.717, 1.165) is 22.6 Å². The van der Waals surface area contributed by atoms with Crippen molar-refractivity contribution in [2.45, 2.75) is 24.5 Å². The van der Waals surface area contributed by atoms with Gasteiger partial charge in [-0.2, -0.15) is 11.8 Å². The van der Waals surface area contributed by atoms with Crippen LogP contribution in [-0.2, 0) is 15.8 Å². The van der Waals surface area contributed by atoms with Gasteiger partial charge in [-0.3, -0.25) is 9.52 Å². The highest BCUT2D eigenvalue weighted by atomic mass is 35.5. The van der Waals surface area contributed by atoms with E-state index in [-0.39, 0.29) is 10.8 Å². The van der Waals surface area contributed by atoms with Crippen molar-refractivity contribution < 1.29 is 13.2 Å². The summed E-state index contributed by atoms with van der Waals surface area (Å²) in [4.78, 5) is 12.6. The summed E-state index contributed by atoms with van der Waals surface area (Å²) in [6.07, 6.45) is 0. The van der Waals surface area contributed by atoms with Crippen molar-refractivity contribution in [3.05, 3.63) is 94.0 Å². The zero-order chi connectivity index (χ0) is 23.1. The number of thioether (sulfide) groups is 1. The monoisotopic (exact) mass is 488 g/mol. The van der Waals surface area contributed by atoms with E-state index >= 15 is 0 Å². The molecule has 0 bridgehead atoms. The normalized spacial score (nSPS) is 11.2. The largest absolute Gasteiger partial charge is 0.351 e. The van der Waals surface area contributed by atoms with Gasteiger partial charge in [0.05, 0.1) is 4.90 Å². The second kappa shape index (κ2) is 10.9. The Labute approximate surface area is 198 Å². The Morgan fingerprint density at radius 1 is 1.00 bits per heavy atom. The smallest absolute Gasteiger partial charge is 0.262 e. The number of nitrogens with one attached hydrogen (secondary N) is 2. The summed E-state index contributed by atoms with van der Waals surface area (Å²) in [5.74, 6) is 1.22. The molecule has 0 aromatic heterocycles. The minimum Gasteiger partial charge on any atom is -0.351 e. The van der Waals surface area contributed by atoms with Gasteiger partial charge in [0.15, 0.2) is 0 Å². The number of rotatable bonds is 9. The van der Waals surface area contributed by atoms with Crippen molar-refractivity contribution in [1.29, 1.82) is 0 Å². The van der Waals surface area contributed by atoms with Gasteiger partial charge in [0, 0.05) is 34.3 Å². The maximum absolute atomic E-state index is 12.9. The van der Waals surface area contributed by atoms with Gasteiger partial charge < -0.3 is 5.32 Å². The van der Waals surface area contributed by atoms with Crippen LogP contribution in [-0.4, -0.2) is 26.6 Å². The number of carbonyl (C=O) groups excluding carboxylic acids is 1. The number of hydrogen-bond donors (Lipinski definition) is 2. The Kier molecular flexibility index (Phi) is 8.23. The lowest BCUT2D eigenvalue weighted by atomic mass is 10.1. The summed E-state index contributed by atoms with van der Waals surface area (Å²) in [5, 5.41) is 3.56. The van der Waals surface area contributed by atoms with Crippen molar-refractivity contribution >= 4 is 45.0 Å². The third-order valence-corrected chi connectivity index (χ3v) is 7.49. The molecule has 0 saturated heterocycles. The molecule has 0 radical (unpaired) electrons. The number of carbonyl (C=O) groups is 1. The number of amides is 1. The molecule has 5 nitrogen and oxygen atoms in total. The average Bonchev–Trinajstić information content (AvgIpc) is 2.73. The molecular weight excluding hydrogens is 464 g/mol. The highest BCUT2D eigenvalue weighted by molar-refractivity contribution is 7.98. The fourth-order valence-corrected chi connectivity index (χ4v) is 5.45. The minimum atomic E-state index is -3.82. The summed E-state index contributed by atoms with van der Waals surface area (Å²) in [5.41, 5.74) is 3.43. The molecule has 0 saturated carbocycles. The van der Waals surface area contributed by atoms with E-state index in [1.807, 2.05) is 37.3 Å². The molecule has 0 spiro atoms. The average molecular weight is 489 g/mol. The molecule has 2 N–H and O–H groups in total. The zero-order valence-corrected chi connectivity index (χ0v) is 20.3. The van der Waals surface area contributed by atoms with Crippen LogP contribution in [0.4, 0.5) is 5.69 Å². The van der Waals surface area contributed by atoms with E-state index in [9.17, 15) is 13.2 Å². The molecule has 0 atom stereocenters. The van der Waals surface area contributed by atoms with Gasteiger partial charge in [0.25, 0.3) is 15.9 Å². The Balaban J connectivity index is 1.59. The Morgan fingerprint density at radius 3 is 2.53 bits per heavy atom. The molecule has 168 valence electrons. The van der Waals surface area contributed by atoms with Gasteiger partial charge >= 0.3 is 0 Å². The molecule has 0 unspecified atom stereocenters. The number of hydrogen-bond acceptors (Lipinski definition) is 4. The standard InChI is InChI=1S/C24H25ClN2O3S2/c1-17-5-3-8-22(13-17)27-32(29,30)23-15-20(10-9-18(23)2)24(28)26-11-12-31-16-19-6-4-7-21(25)14-19/h3-10,13-15,27H,11-12,16H2,1-2H3,(H,26,28). The summed E-state index contributed by atoms with van der Waals surface area (Å²) in [6.45, 7) is 4.07.